The van der Waals surface area contributed by atoms with Crippen molar-refractivity contribution in [3.63, 3.8) is 0 Å². The van der Waals surface area contributed by atoms with Gasteiger partial charge in [-0.25, -0.2) is 0 Å². The molecule has 0 saturated carbocycles. The first kappa shape index (κ1) is 17.5. The van der Waals surface area contributed by atoms with Crippen LogP contribution in [0.4, 0.5) is 5.69 Å². The smallest absolute Gasteiger partial charge is 0.276 e. The molecule has 0 aliphatic heterocycles. The van der Waals surface area contributed by atoms with Crippen LogP contribution in [0.1, 0.15) is 35.7 Å². The van der Waals surface area contributed by atoms with Gasteiger partial charge in [0.25, 0.3) is 5.69 Å². The predicted molar refractivity (Wildman–Crippen MR) is 89.7 cm³/mol. The third kappa shape index (κ3) is 4.81. The number of benzene rings is 2. The minimum Gasteiger partial charge on any atom is -0.494 e. The summed E-state index contributed by atoms with van der Waals surface area (Å²) in [5.74, 6) is 1.12. The van der Waals surface area contributed by atoms with Crippen LogP contribution in [0.15, 0.2) is 42.5 Å². The molecule has 2 aromatic rings. The number of rotatable bonds is 9. The lowest BCUT2D eigenvalue weighted by molar-refractivity contribution is -0.385. The van der Waals surface area contributed by atoms with Gasteiger partial charge in [0.2, 0.25) is 0 Å². The average molecular weight is 329 g/mol. The van der Waals surface area contributed by atoms with Crippen LogP contribution in [-0.2, 0) is 6.61 Å². The quantitative estimate of drug-likeness (QED) is 0.299. The predicted octanol–water partition coefficient (Wildman–Crippen LogP) is 4.17. The molecular formula is C18H19NO5. The van der Waals surface area contributed by atoms with Gasteiger partial charge in [0, 0.05) is 11.6 Å². The maximum atomic E-state index is 11.2. The molecule has 0 spiro atoms. The van der Waals surface area contributed by atoms with Crippen molar-refractivity contribution < 1.29 is 19.2 Å². The zero-order valence-electron chi connectivity index (χ0n) is 13.4. The Labute approximate surface area is 140 Å². The van der Waals surface area contributed by atoms with Gasteiger partial charge >= 0.3 is 0 Å². The van der Waals surface area contributed by atoms with Crippen molar-refractivity contribution in [1.82, 2.24) is 0 Å². The van der Waals surface area contributed by atoms with E-state index in [1.165, 1.54) is 6.07 Å². The van der Waals surface area contributed by atoms with Gasteiger partial charge in [-0.2, -0.15) is 0 Å². The lowest BCUT2D eigenvalue weighted by Gasteiger charge is -2.10. The van der Waals surface area contributed by atoms with Crippen molar-refractivity contribution in [3.8, 4) is 11.5 Å². The Kier molecular flexibility index (Phi) is 6.31. The molecule has 0 saturated heterocycles. The number of aldehydes is 1. The summed E-state index contributed by atoms with van der Waals surface area (Å²) in [6.07, 6.45) is 2.68. The summed E-state index contributed by atoms with van der Waals surface area (Å²) in [5, 5.41) is 11.2. The Balaban J connectivity index is 2.11. The fourth-order valence-corrected chi connectivity index (χ4v) is 2.08. The summed E-state index contributed by atoms with van der Waals surface area (Å²) in [5.41, 5.74) is 0.968. The van der Waals surface area contributed by atoms with Crippen molar-refractivity contribution in [3.05, 3.63) is 63.7 Å². The van der Waals surface area contributed by atoms with Crippen molar-refractivity contribution in [2.45, 2.75) is 26.4 Å². The fourth-order valence-electron chi connectivity index (χ4n) is 2.08. The van der Waals surface area contributed by atoms with Gasteiger partial charge in [-0.15, -0.1) is 0 Å². The minimum absolute atomic E-state index is 0.0117. The third-order valence-electron chi connectivity index (χ3n) is 3.42. The summed E-state index contributed by atoms with van der Waals surface area (Å²) >= 11 is 0. The normalized spacial score (nSPS) is 10.2. The number of unbranched alkanes of at least 4 members (excludes halogenated alkanes) is 1. The molecule has 0 bridgehead atoms. The number of ether oxygens (including phenoxy) is 2. The SMILES string of the molecule is CCCCOc1ccc([N+](=O)[O-])c(COc2ccc(C=O)cc2)c1. The maximum absolute atomic E-state index is 11.2. The van der Waals surface area contributed by atoms with Crippen molar-refractivity contribution in [1.29, 1.82) is 0 Å². The van der Waals surface area contributed by atoms with E-state index in [1.807, 2.05) is 0 Å². The summed E-state index contributed by atoms with van der Waals surface area (Å²) in [4.78, 5) is 21.4. The molecular weight excluding hydrogens is 310 g/mol. The molecule has 126 valence electrons. The van der Waals surface area contributed by atoms with Gasteiger partial charge in [0.15, 0.2) is 0 Å². The van der Waals surface area contributed by atoms with Crippen molar-refractivity contribution in [2.24, 2.45) is 0 Å². The molecule has 2 rings (SSSR count). The zero-order valence-corrected chi connectivity index (χ0v) is 13.4. The van der Waals surface area contributed by atoms with E-state index in [9.17, 15) is 14.9 Å². The van der Waals surface area contributed by atoms with E-state index >= 15 is 0 Å². The van der Waals surface area contributed by atoms with Gasteiger partial charge in [-0.05, 0) is 42.8 Å². The van der Waals surface area contributed by atoms with Gasteiger partial charge in [0.1, 0.15) is 24.4 Å². The number of nitro groups is 1. The van der Waals surface area contributed by atoms with E-state index in [4.69, 9.17) is 9.47 Å². The number of hydrogen-bond acceptors (Lipinski definition) is 5. The number of nitrogens with zero attached hydrogens (tertiary/aromatic N) is 1. The van der Waals surface area contributed by atoms with Crippen LogP contribution in [0.2, 0.25) is 0 Å². The first-order valence-electron chi connectivity index (χ1n) is 7.72. The van der Waals surface area contributed by atoms with Crippen LogP contribution < -0.4 is 9.47 Å². The molecule has 0 radical (unpaired) electrons. The van der Waals surface area contributed by atoms with Crippen LogP contribution >= 0.6 is 0 Å². The molecule has 2 aromatic carbocycles. The molecule has 6 nitrogen and oxygen atoms in total. The molecule has 0 unspecified atom stereocenters. The molecule has 6 heteroatoms. The largest absolute Gasteiger partial charge is 0.494 e. The van der Waals surface area contributed by atoms with Gasteiger partial charge in [-0.1, -0.05) is 13.3 Å². The molecule has 24 heavy (non-hydrogen) atoms. The highest BCUT2D eigenvalue weighted by Crippen LogP contribution is 2.26. The number of hydrogen-bond donors (Lipinski definition) is 0. The van der Waals surface area contributed by atoms with E-state index in [-0.39, 0.29) is 12.3 Å². The van der Waals surface area contributed by atoms with Crippen LogP contribution in [-0.4, -0.2) is 17.8 Å². The lowest BCUT2D eigenvalue weighted by atomic mass is 10.2. The first-order valence-corrected chi connectivity index (χ1v) is 7.72. The van der Waals surface area contributed by atoms with Gasteiger partial charge < -0.3 is 9.47 Å². The highest BCUT2D eigenvalue weighted by Gasteiger charge is 2.15. The maximum Gasteiger partial charge on any atom is 0.276 e. The summed E-state index contributed by atoms with van der Waals surface area (Å²) in [7, 11) is 0. The molecule has 0 aliphatic carbocycles. The zero-order chi connectivity index (χ0) is 17.4. The number of nitro benzene ring substituents is 1. The Morgan fingerprint density at radius 3 is 2.42 bits per heavy atom. The van der Waals surface area contributed by atoms with Crippen LogP contribution in [0.25, 0.3) is 0 Å². The topological polar surface area (TPSA) is 78.7 Å². The molecule has 0 heterocycles. The number of carbonyl (C=O) groups is 1. The second-order valence-corrected chi connectivity index (χ2v) is 5.23. The van der Waals surface area contributed by atoms with Crippen LogP contribution in [0, 0.1) is 10.1 Å². The van der Waals surface area contributed by atoms with Crippen LogP contribution in [0.5, 0.6) is 11.5 Å². The van der Waals surface area contributed by atoms with Crippen molar-refractivity contribution in [2.75, 3.05) is 6.61 Å². The fraction of sp³-hybridized carbons (Fsp3) is 0.278. The Hall–Kier alpha value is -2.89. The highest BCUT2D eigenvalue weighted by atomic mass is 16.6. The van der Waals surface area contributed by atoms with E-state index in [0.717, 1.165) is 19.1 Å². The first-order chi connectivity index (χ1) is 11.6. The summed E-state index contributed by atoms with van der Waals surface area (Å²) in [6, 6.07) is 11.2. The van der Waals surface area contributed by atoms with E-state index in [2.05, 4.69) is 6.92 Å². The van der Waals surface area contributed by atoms with Crippen molar-refractivity contribution >= 4 is 12.0 Å². The molecule has 0 aliphatic rings. The molecule has 0 fully saturated rings. The Bertz CT molecular complexity index is 697. The highest BCUT2D eigenvalue weighted by molar-refractivity contribution is 5.74. The number of carbonyl (C=O) groups excluding carboxylic acids is 1. The van der Waals surface area contributed by atoms with Gasteiger partial charge in [0.05, 0.1) is 17.1 Å². The standard InChI is InChI=1S/C18H19NO5/c1-2-3-10-23-17-8-9-18(19(21)22)15(11-17)13-24-16-6-4-14(12-20)5-7-16/h4-9,11-12H,2-3,10,13H2,1H3. The minimum atomic E-state index is -0.440. The Morgan fingerprint density at radius 2 is 1.79 bits per heavy atom. The Morgan fingerprint density at radius 1 is 1.08 bits per heavy atom. The second-order valence-electron chi connectivity index (χ2n) is 5.23. The molecule has 0 N–H and O–H groups in total. The molecule has 0 aromatic heterocycles. The lowest BCUT2D eigenvalue weighted by Crippen LogP contribution is -2.03. The molecule has 0 atom stereocenters. The second kappa shape index (κ2) is 8.67. The van der Waals surface area contributed by atoms with E-state index in [1.54, 1.807) is 36.4 Å². The third-order valence-corrected chi connectivity index (χ3v) is 3.42. The summed E-state index contributed by atoms with van der Waals surface area (Å²) in [6.45, 7) is 2.68. The van der Waals surface area contributed by atoms with Gasteiger partial charge in [-0.3, -0.25) is 14.9 Å². The monoisotopic (exact) mass is 329 g/mol. The van der Waals surface area contributed by atoms with Crippen LogP contribution in [0.3, 0.4) is 0 Å². The summed E-state index contributed by atoms with van der Waals surface area (Å²) < 4.78 is 11.2. The average Bonchev–Trinajstić information content (AvgIpc) is 2.60. The van der Waals surface area contributed by atoms with E-state index < -0.39 is 4.92 Å². The molecule has 0 amide bonds. The van der Waals surface area contributed by atoms with E-state index in [0.29, 0.717) is 29.2 Å².